The molecule has 0 bridgehead atoms. The SMILES string of the molecule is Cc1nn(-c2ccccc2)c(C)c1CC(=O)N1C[C@@H](CN(C)CCO)[C@@H](CO)C1. The van der Waals surface area contributed by atoms with Gasteiger partial charge in [-0.2, -0.15) is 5.10 Å². The molecule has 7 nitrogen and oxygen atoms in total. The molecule has 7 heteroatoms. The number of hydrogen-bond donors (Lipinski definition) is 2. The summed E-state index contributed by atoms with van der Waals surface area (Å²) in [6.07, 6.45) is 0.321. The lowest BCUT2D eigenvalue weighted by atomic mass is 9.96. The first-order valence-electron chi connectivity index (χ1n) is 10.2. The summed E-state index contributed by atoms with van der Waals surface area (Å²) in [4.78, 5) is 17.0. The van der Waals surface area contributed by atoms with Crippen LogP contribution in [0, 0.1) is 25.7 Å². The minimum Gasteiger partial charge on any atom is -0.396 e. The maximum atomic E-state index is 13.0. The van der Waals surface area contributed by atoms with Crippen LogP contribution in [-0.2, 0) is 11.2 Å². The average Bonchev–Trinajstić information content (AvgIpc) is 3.24. The highest BCUT2D eigenvalue weighted by Crippen LogP contribution is 2.26. The largest absolute Gasteiger partial charge is 0.396 e. The standard InChI is InChI=1S/C22H32N4O3/c1-16-21(17(2)26(23-16)20-7-5-4-6-8-20)11-22(29)25-13-18(19(14-25)15-28)12-24(3)9-10-27/h4-8,18-19,27-28H,9-15H2,1-3H3/t18-,19-/m1/s1. The number of nitrogens with zero attached hydrogens (tertiary/aromatic N) is 4. The van der Waals surface area contributed by atoms with E-state index in [9.17, 15) is 9.90 Å². The van der Waals surface area contributed by atoms with Gasteiger partial charge in [-0.15, -0.1) is 0 Å². The molecule has 1 aromatic heterocycles. The maximum Gasteiger partial charge on any atom is 0.227 e. The lowest BCUT2D eigenvalue weighted by Crippen LogP contribution is -2.34. The van der Waals surface area contributed by atoms with Crippen molar-refractivity contribution in [2.24, 2.45) is 11.8 Å². The summed E-state index contributed by atoms with van der Waals surface area (Å²) in [5, 5.41) is 23.5. The Balaban J connectivity index is 1.70. The van der Waals surface area contributed by atoms with Crippen molar-refractivity contribution in [2.45, 2.75) is 20.3 Å². The van der Waals surface area contributed by atoms with Gasteiger partial charge in [0.25, 0.3) is 0 Å². The van der Waals surface area contributed by atoms with Gasteiger partial charge in [0.15, 0.2) is 0 Å². The Labute approximate surface area is 172 Å². The van der Waals surface area contributed by atoms with Gasteiger partial charge in [-0.25, -0.2) is 4.68 Å². The number of aliphatic hydroxyl groups is 2. The molecule has 3 rings (SSSR count). The minimum absolute atomic E-state index is 0.0748. The number of hydrogen-bond acceptors (Lipinski definition) is 5. The van der Waals surface area contributed by atoms with Crippen molar-refractivity contribution in [3.63, 3.8) is 0 Å². The van der Waals surface area contributed by atoms with E-state index in [2.05, 4.69) is 10.00 Å². The lowest BCUT2D eigenvalue weighted by molar-refractivity contribution is -0.129. The van der Waals surface area contributed by atoms with Gasteiger partial charge >= 0.3 is 0 Å². The van der Waals surface area contributed by atoms with Crippen LogP contribution in [0.5, 0.6) is 0 Å². The summed E-state index contributed by atoms with van der Waals surface area (Å²) in [5.41, 5.74) is 3.82. The van der Waals surface area contributed by atoms with E-state index < -0.39 is 0 Å². The van der Waals surface area contributed by atoms with Gasteiger partial charge in [0.1, 0.15) is 0 Å². The molecule has 2 heterocycles. The van der Waals surface area contributed by atoms with Crippen LogP contribution < -0.4 is 0 Å². The molecule has 1 fully saturated rings. The van der Waals surface area contributed by atoms with Gasteiger partial charge in [-0.05, 0) is 38.9 Å². The molecule has 2 aromatic rings. The summed E-state index contributed by atoms with van der Waals surface area (Å²) in [7, 11) is 1.96. The van der Waals surface area contributed by atoms with Crippen LogP contribution in [0.15, 0.2) is 30.3 Å². The molecule has 29 heavy (non-hydrogen) atoms. The van der Waals surface area contributed by atoms with E-state index in [-0.39, 0.29) is 31.0 Å². The molecule has 1 saturated heterocycles. The molecule has 0 aliphatic carbocycles. The first-order valence-corrected chi connectivity index (χ1v) is 10.2. The molecule has 0 spiro atoms. The second-order valence-electron chi connectivity index (χ2n) is 8.06. The van der Waals surface area contributed by atoms with Crippen LogP contribution in [0.25, 0.3) is 5.69 Å². The lowest BCUT2D eigenvalue weighted by Gasteiger charge is -2.23. The number of benzene rings is 1. The van der Waals surface area contributed by atoms with E-state index in [1.54, 1.807) is 0 Å². The van der Waals surface area contributed by atoms with Crippen molar-refractivity contribution in [2.75, 3.05) is 46.4 Å². The van der Waals surface area contributed by atoms with Crippen LogP contribution in [0.3, 0.4) is 0 Å². The quantitative estimate of drug-likeness (QED) is 0.692. The zero-order valence-corrected chi connectivity index (χ0v) is 17.6. The van der Waals surface area contributed by atoms with Crippen molar-refractivity contribution in [1.29, 1.82) is 0 Å². The number of para-hydroxylation sites is 1. The van der Waals surface area contributed by atoms with Gasteiger partial charge in [-0.1, -0.05) is 18.2 Å². The predicted octanol–water partition coefficient (Wildman–Crippen LogP) is 1.02. The topological polar surface area (TPSA) is 81.8 Å². The van der Waals surface area contributed by atoms with E-state index in [1.807, 2.05) is 60.8 Å². The predicted molar refractivity (Wildman–Crippen MR) is 112 cm³/mol. The van der Waals surface area contributed by atoms with Crippen molar-refractivity contribution < 1.29 is 15.0 Å². The second-order valence-corrected chi connectivity index (χ2v) is 8.06. The van der Waals surface area contributed by atoms with Crippen molar-refractivity contribution in [3.8, 4) is 5.69 Å². The zero-order valence-electron chi connectivity index (χ0n) is 17.6. The summed E-state index contributed by atoms with van der Waals surface area (Å²) >= 11 is 0. The van der Waals surface area contributed by atoms with E-state index in [0.29, 0.717) is 26.1 Å². The number of aromatic nitrogens is 2. The van der Waals surface area contributed by atoms with E-state index in [4.69, 9.17) is 5.11 Å². The van der Waals surface area contributed by atoms with Crippen molar-refractivity contribution in [1.82, 2.24) is 19.6 Å². The molecule has 1 aliphatic rings. The van der Waals surface area contributed by atoms with Gasteiger partial charge in [0.05, 0.1) is 24.4 Å². The van der Waals surface area contributed by atoms with Crippen molar-refractivity contribution >= 4 is 5.91 Å². The van der Waals surface area contributed by atoms with Crippen LogP contribution in [-0.4, -0.2) is 82.1 Å². The fraction of sp³-hybridized carbons (Fsp3) is 0.545. The van der Waals surface area contributed by atoms with Crippen LogP contribution in [0.2, 0.25) is 0 Å². The second kappa shape index (κ2) is 9.52. The summed E-state index contributed by atoms with van der Waals surface area (Å²) in [6.45, 7) is 6.72. The number of carbonyl (C=O) groups is 1. The van der Waals surface area contributed by atoms with Crippen LogP contribution >= 0.6 is 0 Å². The Morgan fingerprint density at radius 2 is 1.86 bits per heavy atom. The number of rotatable bonds is 8. The fourth-order valence-electron chi connectivity index (χ4n) is 4.23. The number of aliphatic hydroxyl groups excluding tert-OH is 2. The van der Waals surface area contributed by atoms with Crippen LogP contribution in [0.4, 0.5) is 0 Å². The molecule has 1 aromatic carbocycles. The first kappa shape index (κ1) is 21.5. The van der Waals surface area contributed by atoms with Gasteiger partial charge in [-0.3, -0.25) is 4.79 Å². The number of amides is 1. The van der Waals surface area contributed by atoms with Gasteiger partial charge in [0.2, 0.25) is 5.91 Å². The van der Waals surface area contributed by atoms with E-state index in [0.717, 1.165) is 29.2 Å². The highest BCUT2D eigenvalue weighted by atomic mass is 16.3. The highest BCUT2D eigenvalue weighted by molar-refractivity contribution is 5.79. The average molecular weight is 401 g/mol. The minimum atomic E-state index is 0.0748. The zero-order chi connectivity index (χ0) is 21.0. The molecule has 158 valence electrons. The normalized spacial score (nSPS) is 19.3. The molecular formula is C22H32N4O3. The molecular weight excluding hydrogens is 368 g/mol. The molecule has 0 unspecified atom stereocenters. The van der Waals surface area contributed by atoms with E-state index in [1.165, 1.54) is 0 Å². The third kappa shape index (κ3) is 4.86. The van der Waals surface area contributed by atoms with Crippen molar-refractivity contribution in [3.05, 3.63) is 47.3 Å². The van der Waals surface area contributed by atoms with Gasteiger partial charge < -0.3 is 20.0 Å². The van der Waals surface area contributed by atoms with Crippen LogP contribution in [0.1, 0.15) is 17.0 Å². The Hall–Kier alpha value is -2.22. The number of carbonyl (C=O) groups excluding carboxylic acids is 1. The molecule has 2 N–H and O–H groups in total. The Morgan fingerprint density at radius 3 is 2.52 bits per heavy atom. The molecule has 1 amide bonds. The molecule has 2 atom stereocenters. The summed E-state index contributed by atoms with van der Waals surface area (Å²) < 4.78 is 1.89. The summed E-state index contributed by atoms with van der Waals surface area (Å²) in [5.74, 6) is 0.374. The Bertz CT molecular complexity index is 821. The first-order chi connectivity index (χ1) is 13.9. The molecule has 1 aliphatic heterocycles. The molecule has 0 saturated carbocycles. The fourth-order valence-corrected chi connectivity index (χ4v) is 4.23. The highest BCUT2D eigenvalue weighted by Gasteiger charge is 2.35. The van der Waals surface area contributed by atoms with Gasteiger partial charge in [0, 0.05) is 50.0 Å². The smallest absolute Gasteiger partial charge is 0.227 e. The molecule has 0 radical (unpaired) electrons. The number of likely N-dealkylation sites (tertiary alicyclic amines) is 1. The Kier molecular flexibility index (Phi) is 7.05. The Morgan fingerprint density at radius 1 is 1.17 bits per heavy atom. The number of likely N-dealkylation sites (N-methyl/N-ethyl adjacent to an activating group) is 1. The monoisotopic (exact) mass is 400 g/mol. The summed E-state index contributed by atoms with van der Waals surface area (Å²) in [6, 6.07) is 9.93. The third-order valence-corrected chi connectivity index (χ3v) is 5.96. The third-order valence-electron chi connectivity index (χ3n) is 5.96. The maximum absolute atomic E-state index is 13.0. The number of aryl methyl sites for hydroxylation is 1. The van der Waals surface area contributed by atoms with E-state index >= 15 is 0 Å².